The van der Waals surface area contributed by atoms with Crippen molar-refractivity contribution in [2.24, 2.45) is 0 Å². The fourth-order valence-corrected chi connectivity index (χ4v) is 8.99. The molecule has 276 valence electrons. The Hall–Kier alpha value is -7.88. The lowest BCUT2D eigenvalue weighted by Gasteiger charge is -2.26. The average molecular weight is 754 g/mol. The molecule has 0 aliphatic carbocycles. The molecule has 0 atom stereocenters. The highest BCUT2D eigenvalue weighted by Gasteiger charge is 2.19. The highest BCUT2D eigenvalue weighted by molar-refractivity contribution is 6.18. The van der Waals surface area contributed by atoms with Gasteiger partial charge < -0.3 is 13.7 Å². The van der Waals surface area contributed by atoms with E-state index in [2.05, 4.69) is 217 Å². The molecule has 0 fully saturated rings. The third kappa shape index (κ3) is 5.44. The second-order valence-corrected chi connectivity index (χ2v) is 15.2. The fraction of sp³-hybridized carbons (Fsp3) is 0. The van der Waals surface area contributed by atoms with E-state index in [0.717, 1.165) is 99.5 Å². The van der Waals surface area contributed by atoms with E-state index in [1.807, 2.05) is 0 Å². The molecule has 0 aliphatic heterocycles. The molecule has 10 aromatic carbocycles. The molecule has 0 radical (unpaired) electrons. The van der Waals surface area contributed by atoms with E-state index in [9.17, 15) is 0 Å². The van der Waals surface area contributed by atoms with E-state index in [0.29, 0.717) is 0 Å². The summed E-state index contributed by atoms with van der Waals surface area (Å²) in [5.41, 5.74) is 13.5. The maximum Gasteiger partial charge on any atom is 0.143 e. The minimum Gasteiger partial charge on any atom is -0.455 e. The largest absolute Gasteiger partial charge is 0.455 e. The van der Waals surface area contributed by atoms with Crippen LogP contribution in [-0.4, -0.2) is 0 Å². The van der Waals surface area contributed by atoms with Gasteiger partial charge in [0.05, 0.1) is 0 Å². The summed E-state index contributed by atoms with van der Waals surface area (Å²) in [5, 5.41) is 9.13. The zero-order valence-corrected chi connectivity index (χ0v) is 32.0. The highest BCUT2D eigenvalue weighted by atomic mass is 16.3. The van der Waals surface area contributed by atoms with Gasteiger partial charge in [0.2, 0.25) is 0 Å². The summed E-state index contributed by atoms with van der Waals surface area (Å²) >= 11 is 0. The normalized spacial score (nSPS) is 11.7. The Morgan fingerprint density at radius 2 is 0.695 bits per heavy atom. The van der Waals surface area contributed by atoms with Gasteiger partial charge in [-0.05, 0) is 81.6 Å². The topological polar surface area (TPSA) is 29.5 Å². The van der Waals surface area contributed by atoms with Gasteiger partial charge in [-0.3, -0.25) is 0 Å². The van der Waals surface area contributed by atoms with Crippen molar-refractivity contribution < 1.29 is 8.83 Å². The van der Waals surface area contributed by atoms with Gasteiger partial charge in [-0.25, -0.2) is 0 Å². The number of nitrogens with zero attached hydrogens (tertiary/aromatic N) is 1. The standard InChI is InChI=1S/C56H35NO2/c1-2-11-36(12-3-1)41-15-8-16-44(35-41)57(42-29-23-39(24-30-42)47-19-9-21-49-51-33-27-37-13-4-6-17-45(37)55(51)58-53(47)49)43-31-25-40(26-32-43)48-20-10-22-50-52-34-28-38-14-5-7-18-46(38)56(52)59-54(48)50/h1-35H. The molecule has 0 aliphatic rings. The second kappa shape index (κ2) is 13.4. The van der Waals surface area contributed by atoms with Crippen LogP contribution in [0.15, 0.2) is 221 Å². The van der Waals surface area contributed by atoms with Gasteiger partial charge in [0, 0.05) is 60.5 Å². The van der Waals surface area contributed by atoms with Crippen LogP contribution < -0.4 is 4.90 Å². The number of rotatable bonds is 6. The van der Waals surface area contributed by atoms with Crippen molar-refractivity contribution in [1.29, 1.82) is 0 Å². The molecule has 0 unspecified atom stereocenters. The number of hydrogen-bond donors (Lipinski definition) is 0. The molecule has 0 bridgehead atoms. The van der Waals surface area contributed by atoms with Gasteiger partial charge in [0.15, 0.2) is 0 Å². The fourth-order valence-electron chi connectivity index (χ4n) is 8.99. The predicted molar refractivity (Wildman–Crippen MR) is 247 cm³/mol. The summed E-state index contributed by atoms with van der Waals surface area (Å²) in [6.45, 7) is 0. The molecule has 0 amide bonds. The van der Waals surface area contributed by atoms with Gasteiger partial charge in [-0.15, -0.1) is 0 Å². The van der Waals surface area contributed by atoms with E-state index in [-0.39, 0.29) is 0 Å². The van der Waals surface area contributed by atoms with Crippen LogP contribution in [0.5, 0.6) is 0 Å². The molecule has 59 heavy (non-hydrogen) atoms. The van der Waals surface area contributed by atoms with E-state index in [4.69, 9.17) is 8.83 Å². The van der Waals surface area contributed by atoms with Crippen molar-refractivity contribution in [3.8, 4) is 33.4 Å². The predicted octanol–water partition coefficient (Wildman–Crippen LogP) is 16.3. The van der Waals surface area contributed by atoms with E-state index < -0.39 is 0 Å². The Morgan fingerprint density at radius 1 is 0.254 bits per heavy atom. The van der Waals surface area contributed by atoms with Crippen molar-refractivity contribution >= 4 is 82.5 Å². The number of hydrogen-bond acceptors (Lipinski definition) is 3. The van der Waals surface area contributed by atoms with Gasteiger partial charge in [-0.2, -0.15) is 0 Å². The van der Waals surface area contributed by atoms with Crippen LogP contribution in [0.4, 0.5) is 17.1 Å². The number of anilines is 3. The Bertz CT molecular complexity index is 3340. The number of para-hydroxylation sites is 2. The zero-order chi connectivity index (χ0) is 38.9. The Morgan fingerprint density at radius 3 is 1.24 bits per heavy atom. The summed E-state index contributed by atoms with van der Waals surface area (Å²) < 4.78 is 13.4. The Labute approximate surface area is 340 Å². The lowest BCUT2D eigenvalue weighted by atomic mass is 10.00. The molecule has 0 saturated carbocycles. The van der Waals surface area contributed by atoms with Gasteiger partial charge in [-0.1, -0.05) is 164 Å². The molecule has 3 nitrogen and oxygen atoms in total. The smallest absolute Gasteiger partial charge is 0.143 e. The minimum atomic E-state index is 0.905. The van der Waals surface area contributed by atoms with Crippen molar-refractivity contribution in [1.82, 2.24) is 0 Å². The first-order valence-corrected chi connectivity index (χ1v) is 20.1. The molecule has 12 rings (SSSR count). The van der Waals surface area contributed by atoms with Crippen LogP contribution in [0.2, 0.25) is 0 Å². The third-order valence-corrected chi connectivity index (χ3v) is 11.9. The van der Waals surface area contributed by atoms with E-state index in [1.165, 1.54) is 16.3 Å². The molecular weight excluding hydrogens is 719 g/mol. The molecule has 0 N–H and O–H groups in total. The first-order chi connectivity index (χ1) is 29.2. The quantitative estimate of drug-likeness (QED) is 0.169. The highest BCUT2D eigenvalue weighted by Crippen LogP contribution is 2.43. The van der Waals surface area contributed by atoms with Crippen molar-refractivity contribution in [3.05, 3.63) is 212 Å². The van der Waals surface area contributed by atoms with Crippen molar-refractivity contribution in [2.75, 3.05) is 4.90 Å². The molecule has 12 aromatic rings. The maximum absolute atomic E-state index is 6.72. The van der Waals surface area contributed by atoms with Gasteiger partial charge in [0.1, 0.15) is 22.3 Å². The number of furan rings is 2. The molecule has 0 spiro atoms. The zero-order valence-electron chi connectivity index (χ0n) is 32.0. The molecule has 2 heterocycles. The van der Waals surface area contributed by atoms with Crippen LogP contribution in [0.3, 0.4) is 0 Å². The second-order valence-electron chi connectivity index (χ2n) is 15.2. The van der Waals surface area contributed by atoms with Gasteiger partial charge >= 0.3 is 0 Å². The van der Waals surface area contributed by atoms with Crippen LogP contribution in [-0.2, 0) is 0 Å². The monoisotopic (exact) mass is 753 g/mol. The maximum atomic E-state index is 6.72. The average Bonchev–Trinajstić information content (AvgIpc) is 3.90. The van der Waals surface area contributed by atoms with Gasteiger partial charge in [0.25, 0.3) is 0 Å². The molecule has 3 heteroatoms. The number of fused-ring (bicyclic) bond motifs is 10. The van der Waals surface area contributed by atoms with E-state index in [1.54, 1.807) is 0 Å². The summed E-state index contributed by atoms with van der Waals surface area (Å²) in [6, 6.07) is 75.6. The summed E-state index contributed by atoms with van der Waals surface area (Å²) in [6.07, 6.45) is 0. The Balaban J connectivity index is 0.964. The first-order valence-electron chi connectivity index (χ1n) is 20.1. The third-order valence-electron chi connectivity index (χ3n) is 11.9. The van der Waals surface area contributed by atoms with Crippen molar-refractivity contribution in [3.63, 3.8) is 0 Å². The summed E-state index contributed by atoms with van der Waals surface area (Å²) in [4.78, 5) is 2.34. The number of benzene rings is 10. The lowest BCUT2D eigenvalue weighted by molar-refractivity contribution is 0.673. The SMILES string of the molecule is c1ccc(-c2cccc(N(c3ccc(-c4cccc5c4oc4c6ccccc6ccc54)cc3)c3ccc(-c4cccc5c4oc4c6ccccc6ccc54)cc3)c2)cc1. The van der Waals surface area contributed by atoms with Crippen LogP contribution in [0, 0.1) is 0 Å². The van der Waals surface area contributed by atoms with Crippen LogP contribution >= 0.6 is 0 Å². The van der Waals surface area contributed by atoms with Crippen LogP contribution in [0.25, 0.3) is 98.8 Å². The van der Waals surface area contributed by atoms with E-state index >= 15 is 0 Å². The summed E-state index contributed by atoms with van der Waals surface area (Å²) in [7, 11) is 0. The van der Waals surface area contributed by atoms with Crippen LogP contribution in [0.1, 0.15) is 0 Å². The molecule has 0 saturated heterocycles. The molecule has 2 aromatic heterocycles. The first kappa shape index (κ1) is 33.3. The van der Waals surface area contributed by atoms with Crippen molar-refractivity contribution in [2.45, 2.75) is 0 Å². The summed E-state index contributed by atoms with van der Waals surface area (Å²) in [5.74, 6) is 0. The Kier molecular flexibility index (Phi) is 7.54. The lowest BCUT2D eigenvalue weighted by Crippen LogP contribution is -2.10. The molecular formula is C56H35NO2. The minimum absolute atomic E-state index is 0.905.